The van der Waals surface area contributed by atoms with Crippen molar-refractivity contribution in [2.45, 2.75) is 51.7 Å². The van der Waals surface area contributed by atoms with E-state index in [1.165, 1.54) is 12.1 Å². The zero-order valence-electron chi connectivity index (χ0n) is 19.4. The van der Waals surface area contributed by atoms with Gasteiger partial charge in [-0.05, 0) is 59.9 Å². The molecule has 9 heteroatoms. The van der Waals surface area contributed by atoms with Gasteiger partial charge in [-0.1, -0.05) is 19.1 Å². The van der Waals surface area contributed by atoms with E-state index in [1.54, 1.807) is 38.1 Å². The number of alkyl halides is 3. The predicted octanol–water partition coefficient (Wildman–Crippen LogP) is 4.32. The fourth-order valence-electron chi connectivity index (χ4n) is 4.32. The van der Waals surface area contributed by atoms with E-state index in [9.17, 15) is 27.6 Å². The van der Waals surface area contributed by atoms with E-state index in [-0.39, 0.29) is 42.6 Å². The molecule has 0 heterocycles. The Bertz CT molecular complexity index is 1170. The predicted molar refractivity (Wildman–Crippen MR) is 121 cm³/mol. The van der Waals surface area contributed by atoms with E-state index in [0.717, 1.165) is 5.56 Å². The number of carbonyl (C=O) groups excluding carboxylic acids is 3. The van der Waals surface area contributed by atoms with Crippen LogP contribution in [0.4, 0.5) is 13.2 Å². The van der Waals surface area contributed by atoms with Gasteiger partial charge in [-0.25, -0.2) is 0 Å². The average Bonchev–Trinajstić information content (AvgIpc) is 3.08. The topological polar surface area (TPSA) is 96.3 Å². The number of nitrogens with one attached hydrogen (secondary N) is 1. The Balaban J connectivity index is 1.69. The van der Waals surface area contributed by atoms with Crippen molar-refractivity contribution in [1.82, 2.24) is 5.32 Å². The average molecular weight is 486 g/mol. The zero-order valence-corrected chi connectivity index (χ0v) is 19.4. The van der Waals surface area contributed by atoms with Gasteiger partial charge in [0.1, 0.15) is 17.5 Å². The van der Waals surface area contributed by atoms with Crippen molar-refractivity contribution in [3.63, 3.8) is 0 Å². The number of nitrogens with zero attached hydrogens (tertiary/aromatic N) is 1. The summed E-state index contributed by atoms with van der Waals surface area (Å²) in [5, 5.41) is 11.6. The minimum atomic E-state index is -4.48. The van der Waals surface area contributed by atoms with Crippen molar-refractivity contribution in [3.05, 3.63) is 64.2 Å². The van der Waals surface area contributed by atoms with Crippen LogP contribution in [-0.2, 0) is 27.3 Å². The lowest BCUT2D eigenvalue weighted by atomic mass is 9.85. The summed E-state index contributed by atoms with van der Waals surface area (Å²) in [6, 6.07) is 11.6. The normalized spacial score (nSPS) is 17.8. The maximum absolute atomic E-state index is 13.1. The molecule has 3 rings (SSSR count). The zero-order chi connectivity index (χ0) is 25.8. The van der Waals surface area contributed by atoms with Gasteiger partial charge >= 0.3 is 6.18 Å². The third-order valence-electron chi connectivity index (χ3n) is 5.98. The molecule has 2 unspecified atom stereocenters. The van der Waals surface area contributed by atoms with Crippen molar-refractivity contribution in [3.8, 4) is 11.8 Å². The molecule has 0 aliphatic heterocycles. The summed E-state index contributed by atoms with van der Waals surface area (Å²) < 4.78 is 42.4. The van der Waals surface area contributed by atoms with Crippen molar-refractivity contribution in [2.75, 3.05) is 6.61 Å². The van der Waals surface area contributed by atoms with Crippen LogP contribution in [-0.4, -0.2) is 30.3 Å². The second-order valence-electron chi connectivity index (χ2n) is 8.56. The molecule has 1 aliphatic rings. The number of hydrogen-bond acceptors (Lipinski definition) is 5. The van der Waals surface area contributed by atoms with E-state index in [2.05, 4.69) is 5.32 Å². The molecule has 35 heavy (non-hydrogen) atoms. The number of Topliss-reactive ketones (excluding diaryl/α,β-unsaturated/α-hetero) is 2. The van der Waals surface area contributed by atoms with Crippen LogP contribution in [0, 0.1) is 24.2 Å². The van der Waals surface area contributed by atoms with Gasteiger partial charge in [-0.3, -0.25) is 14.4 Å². The molecule has 2 atom stereocenters. The first kappa shape index (κ1) is 25.9. The molecular formula is C26H25F3N2O4. The molecule has 1 aliphatic carbocycles. The fraction of sp³-hybridized carbons (Fsp3) is 0.385. The third-order valence-corrected chi connectivity index (χ3v) is 5.98. The standard InChI is InChI=1S/C26H25F3N2O4/c1-3-18-9-20(35-14-26(27,28)29)8-15(2)23(18)24-21(32)10-19(25(24)34)11-22(33)31-13-17-6-4-16(12-30)5-7-17/h4-9,19,24H,3,10-11,13-14H2,1-2H3,(H,31,33). The molecule has 184 valence electrons. The number of carbonyl (C=O) groups is 3. The molecule has 0 bridgehead atoms. The molecule has 1 amide bonds. The number of ketones is 2. The number of halogens is 3. The summed E-state index contributed by atoms with van der Waals surface area (Å²) in [4.78, 5) is 38.4. The lowest BCUT2D eigenvalue weighted by Crippen LogP contribution is -2.27. The van der Waals surface area contributed by atoms with Crippen LogP contribution in [0.2, 0.25) is 0 Å². The van der Waals surface area contributed by atoms with Crippen LogP contribution in [0.3, 0.4) is 0 Å². The molecule has 1 saturated carbocycles. The largest absolute Gasteiger partial charge is 0.484 e. The number of amides is 1. The molecule has 0 radical (unpaired) electrons. The molecule has 2 aromatic carbocycles. The van der Waals surface area contributed by atoms with E-state index in [4.69, 9.17) is 10.00 Å². The lowest BCUT2D eigenvalue weighted by molar-refractivity contribution is -0.153. The van der Waals surface area contributed by atoms with Gasteiger partial charge in [-0.2, -0.15) is 18.4 Å². The highest BCUT2D eigenvalue weighted by atomic mass is 19.4. The lowest BCUT2D eigenvalue weighted by Gasteiger charge is -2.19. The molecule has 2 aromatic rings. The third kappa shape index (κ3) is 6.47. The smallest absolute Gasteiger partial charge is 0.422 e. The number of ether oxygens (including phenoxy) is 1. The highest BCUT2D eigenvalue weighted by Crippen LogP contribution is 2.39. The van der Waals surface area contributed by atoms with Crippen LogP contribution in [0.15, 0.2) is 36.4 Å². The minimum Gasteiger partial charge on any atom is -0.484 e. The van der Waals surface area contributed by atoms with Crippen molar-refractivity contribution >= 4 is 17.5 Å². The Kier molecular flexibility index (Phi) is 7.95. The Morgan fingerprint density at radius 3 is 2.49 bits per heavy atom. The van der Waals surface area contributed by atoms with Crippen LogP contribution in [0.1, 0.15) is 53.5 Å². The van der Waals surface area contributed by atoms with Crippen LogP contribution < -0.4 is 10.1 Å². The van der Waals surface area contributed by atoms with Gasteiger partial charge in [0.2, 0.25) is 5.91 Å². The van der Waals surface area contributed by atoms with Gasteiger partial charge in [0.15, 0.2) is 12.4 Å². The summed E-state index contributed by atoms with van der Waals surface area (Å²) in [5.41, 5.74) is 2.85. The Morgan fingerprint density at radius 1 is 1.20 bits per heavy atom. The van der Waals surface area contributed by atoms with Gasteiger partial charge in [0.25, 0.3) is 0 Å². The Morgan fingerprint density at radius 2 is 1.89 bits per heavy atom. The minimum absolute atomic E-state index is 0.0250. The van der Waals surface area contributed by atoms with Crippen LogP contribution >= 0.6 is 0 Å². The molecule has 0 spiro atoms. The summed E-state index contributed by atoms with van der Waals surface area (Å²) in [6.07, 6.45) is -4.29. The summed E-state index contributed by atoms with van der Waals surface area (Å²) in [7, 11) is 0. The maximum Gasteiger partial charge on any atom is 0.422 e. The highest BCUT2D eigenvalue weighted by molar-refractivity contribution is 6.15. The number of hydrogen-bond donors (Lipinski definition) is 1. The molecule has 0 saturated heterocycles. The second-order valence-corrected chi connectivity index (χ2v) is 8.56. The van der Waals surface area contributed by atoms with Gasteiger partial charge in [0, 0.05) is 25.3 Å². The number of nitriles is 1. The molecule has 6 nitrogen and oxygen atoms in total. The van der Waals surface area contributed by atoms with E-state index >= 15 is 0 Å². The summed E-state index contributed by atoms with van der Waals surface area (Å²) in [6.45, 7) is 2.20. The summed E-state index contributed by atoms with van der Waals surface area (Å²) >= 11 is 0. The molecule has 1 fully saturated rings. The summed E-state index contributed by atoms with van der Waals surface area (Å²) in [5.74, 6) is -2.81. The first-order valence-corrected chi connectivity index (χ1v) is 11.2. The van der Waals surface area contributed by atoms with Crippen molar-refractivity contribution < 1.29 is 32.3 Å². The first-order chi connectivity index (χ1) is 16.5. The van der Waals surface area contributed by atoms with E-state index in [1.807, 2.05) is 6.07 Å². The van der Waals surface area contributed by atoms with Crippen LogP contribution in [0.5, 0.6) is 5.75 Å². The quantitative estimate of drug-likeness (QED) is 0.561. The SMILES string of the molecule is CCc1cc(OCC(F)(F)F)cc(C)c1C1C(=O)CC(CC(=O)NCc2ccc(C#N)cc2)C1=O. The second kappa shape index (κ2) is 10.7. The maximum atomic E-state index is 13.1. The van der Waals surface area contributed by atoms with E-state index in [0.29, 0.717) is 28.7 Å². The van der Waals surface area contributed by atoms with Gasteiger partial charge in [0.05, 0.1) is 11.6 Å². The van der Waals surface area contributed by atoms with Gasteiger partial charge < -0.3 is 10.1 Å². The molecular weight excluding hydrogens is 461 g/mol. The Hall–Kier alpha value is -3.67. The number of aryl methyl sites for hydroxylation is 2. The molecule has 0 aromatic heterocycles. The van der Waals surface area contributed by atoms with Gasteiger partial charge in [-0.15, -0.1) is 0 Å². The monoisotopic (exact) mass is 486 g/mol. The van der Waals surface area contributed by atoms with Crippen molar-refractivity contribution in [1.29, 1.82) is 5.26 Å². The first-order valence-electron chi connectivity index (χ1n) is 11.2. The van der Waals surface area contributed by atoms with Crippen molar-refractivity contribution in [2.24, 2.45) is 5.92 Å². The number of rotatable bonds is 8. The van der Waals surface area contributed by atoms with Crippen LogP contribution in [0.25, 0.3) is 0 Å². The Labute approximate surface area is 201 Å². The fourth-order valence-corrected chi connectivity index (χ4v) is 4.32. The number of benzene rings is 2. The molecule has 1 N–H and O–H groups in total. The highest BCUT2D eigenvalue weighted by Gasteiger charge is 2.44. The van der Waals surface area contributed by atoms with E-state index < -0.39 is 24.6 Å².